The van der Waals surface area contributed by atoms with Gasteiger partial charge in [0, 0.05) is 21.9 Å². The molecule has 0 atom stereocenters. The number of hydrogen-bond acceptors (Lipinski definition) is 1. The molecule has 0 amide bonds. The molecule has 0 radical (unpaired) electrons. The third kappa shape index (κ3) is 10.5. The Bertz CT molecular complexity index is 2610. The van der Waals surface area contributed by atoms with Gasteiger partial charge < -0.3 is 0 Å². The Morgan fingerprint density at radius 3 is 1.23 bits per heavy atom. The third-order valence-corrected chi connectivity index (χ3v) is 8.77. The molecule has 3 aromatic heterocycles. The molecule has 1 aliphatic rings. The number of hydrogen-bond donors (Lipinski definition) is 0. The van der Waals surface area contributed by atoms with Crippen molar-refractivity contribution in [1.82, 2.24) is 14.1 Å². The number of halogens is 12. The van der Waals surface area contributed by atoms with E-state index in [1.165, 1.54) is 55.1 Å². The fraction of sp³-hybridized carbons (Fsp3) is 0.108. The van der Waals surface area contributed by atoms with Crippen molar-refractivity contribution in [3.63, 3.8) is 0 Å². The predicted octanol–water partition coefficient (Wildman–Crippen LogP) is 13.1. The molecule has 1 aliphatic heterocycles. The van der Waals surface area contributed by atoms with Crippen LogP contribution in [0.1, 0.15) is 22.3 Å². The zero-order valence-corrected chi connectivity index (χ0v) is 30.4. The van der Waals surface area contributed by atoms with Gasteiger partial charge in [0.25, 0.3) is 0 Å². The van der Waals surface area contributed by atoms with Crippen molar-refractivity contribution in [1.29, 1.82) is 0 Å². The van der Waals surface area contributed by atoms with Crippen LogP contribution in [0.25, 0.3) is 43.9 Å². The van der Waals surface area contributed by atoms with Crippen LogP contribution in [0.3, 0.4) is 0 Å². The van der Waals surface area contributed by atoms with E-state index in [0.717, 1.165) is 37.2 Å². The van der Waals surface area contributed by atoms with Crippen molar-refractivity contribution in [2.24, 2.45) is 0 Å². The van der Waals surface area contributed by atoms with Crippen molar-refractivity contribution in [3.8, 4) is 0 Å². The van der Waals surface area contributed by atoms with E-state index < -0.39 is 15.6 Å². The van der Waals surface area contributed by atoms with Crippen LogP contribution in [-0.2, 0) is 26.2 Å². The summed E-state index contributed by atoms with van der Waals surface area (Å²) in [5.41, 5.74) is 12.1. The van der Waals surface area contributed by atoms with E-state index in [0.29, 0.717) is 0 Å². The number of benzene rings is 5. The fourth-order valence-corrected chi connectivity index (χ4v) is 6.84. The summed E-state index contributed by atoms with van der Waals surface area (Å²) >= 11 is 0. The van der Waals surface area contributed by atoms with E-state index in [-0.39, 0.29) is 0 Å². The molecule has 0 unspecified atom stereocenters. The van der Waals surface area contributed by atoms with Crippen LogP contribution in [0.2, 0.25) is 0 Å². The van der Waals surface area contributed by atoms with E-state index in [1.54, 1.807) is 0 Å². The van der Waals surface area contributed by atoms with Crippen molar-refractivity contribution in [2.45, 2.75) is 26.2 Å². The Labute approximate surface area is 309 Å². The molecule has 5 aromatic carbocycles. The van der Waals surface area contributed by atoms with Crippen molar-refractivity contribution < 1.29 is 59.5 Å². The zero-order valence-electron chi connectivity index (χ0n) is 28.6. The van der Waals surface area contributed by atoms with Crippen LogP contribution < -0.4 is 9.13 Å². The number of para-hydroxylation sites is 6. The molecule has 5 nitrogen and oxygen atoms in total. The van der Waals surface area contributed by atoms with E-state index in [4.69, 9.17) is 4.98 Å². The first-order chi connectivity index (χ1) is 25.7. The van der Waals surface area contributed by atoms with E-state index in [9.17, 15) is 50.4 Å². The molecule has 19 heteroatoms. The van der Waals surface area contributed by atoms with Crippen LogP contribution in [0.4, 0.5) is 50.4 Å². The van der Waals surface area contributed by atoms with Gasteiger partial charge in [0.05, 0.1) is 11.0 Å². The summed E-state index contributed by atoms with van der Waals surface area (Å²) in [7, 11) is -21.3. The SMILES string of the molecule is F[P-](F)(F)(F)(F)F.F[P-](F)(F)(F)(F)F.c1cc2cc(c1)C[n+]1cn(c3ccccc31)Cc1cccc3cc4cccc(c4nc13)Cn1c[n+](c3ccccc31)C2. The Morgan fingerprint density at radius 2 is 0.821 bits per heavy atom. The van der Waals surface area contributed by atoms with E-state index in [2.05, 4.69) is 146 Å². The minimum atomic E-state index is -10.7. The van der Waals surface area contributed by atoms with Gasteiger partial charge in [0.1, 0.15) is 26.2 Å². The molecule has 0 N–H and O–H groups in total. The fourth-order valence-electron chi connectivity index (χ4n) is 6.84. The number of imidazole rings is 2. The van der Waals surface area contributed by atoms with Gasteiger partial charge in [-0.25, -0.2) is 23.3 Å². The summed E-state index contributed by atoms with van der Waals surface area (Å²) < 4.78 is 128. The molecule has 296 valence electrons. The van der Waals surface area contributed by atoms with Gasteiger partial charge >= 0.3 is 66.0 Å². The molecule has 4 heterocycles. The second-order valence-electron chi connectivity index (χ2n) is 13.4. The minimum absolute atomic E-state index is 0.758. The summed E-state index contributed by atoms with van der Waals surface area (Å²) in [5, 5.41) is 2.36. The van der Waals surface area contributed by atoms with Gasteiger partial charge in [0.2, 0.25) is 12.7 Å². The second kappa shape index (κ2) is 12.1. The summed E-state index contributed by atoms with van der Waals surface area (Å²) in [6, 6.07) is 41.9. The number of aromatic nitrogens is 5. The summed E-state index contributed by atoms with van der Waals surface area (Å²) in [6.07, 6.45) is 4.54. The van der Waals surface area contributed by atoms with Gasteiger partial charge in [-0.3, -0.25) is 0 Å². The van der Waals surface area contributed by atoms with Gasteiger partial charge in [-0.2, -0.15) is 0 Å². The van der Waals surface area contributed by atoms with Crippen LogP contribution in [-0.4, -0.2) is 14.1 Å². The van der Waals surface area contributed by atoms with Crippen molar-refractivity contribution >= 4 is 59.5 Å². The second-order valence-corrected chi connectivity index (χ2v) is 17.3. The van der Waals surface area contributed by atoms with Crippen LogP contribution in [0, 0.1) is 0 Å². The first-order valence-corrected chi connectivity index (χ1v) is 20.7. The molecular weight excluding hydrogens is 804 g/mol. The normalized spacial score (nSPS) is 15.8. The number of pyridine rings is 1. The van der Waals surface area contributed by atoms with Crippen LogP contribution in [0.15, 0.2) is 128 Å². The minimum Gasteiger partial charge on any atom is -0.247 e. The summed E-state index contributed by atoms with van der Waals surface area (Å²) in [5.74, 6) is 0. The summed E-state index contributed by atoms with van der Waals surface area (Å²) in [4.78, 5) is 5.39. The largest absolute Gasteiger partial charge is 0.247 e. The molecule has 0 fully saturated rings. The third-order valence-electron chi connectivity index (χ3n) is 8.77. The summed E-state index contributed by atoms with van der Waals surface area (Å²) in [6.45, 7) is 3.15. The Balaban J connectivity index is 0.000000296. The molecule has 0 aliphatic carbocycles. The molecule has 9 rings (SSSR count). The monoisotopic (exact) mass is 833 g/mol. The maximum atomic E-state index is 9.87. The first-order valence-electron chi connectivity index (χ1n) is 16.6. The molecule has 0 spiro atoms. The predicted molar refractivity (Wildman–Crippen MR) is 194 cm³/mol. The number of nitrogens with zero attached hydrogens (tertiary/aromatic N) is 5. The molecule has 0 saturated heterocycles. The van der Waals surface area contributed by atoms with Crippen molar-refractivity contribution in [3.05, 3.63) is 150 Å². The molecular formula is C37H29F12N5P2. The maximum absolute atomic E-state index is 10.7. The topological polar surface area (TPSA) is 30.5 Å². The molecule has 0 saturated carbocycles. The average Bonchev–Trinajstić information content (AvgIpc) is 3.58. The number of fused-ring (bicyclic) bond motifs is 12. The standard InChI is InChI=1S/C37H29N5.2F6P/c1-3-16-34-32(14-1)39-20-26-8-5-9-27(18-26)21-40-25-42(35-17-4-2-15-33(35)40)23-31-13-7-11-29-19-28-10-6-12-30(22-41(34)24-39)36(28)38-37(29)31;2*1-7(2,3,4,5)6/h1-19,24-25H,20-23H2;;/q+2;2*-1. The first kappa shape index (κ1) is 39.0. The van der Waals surface area contributed by atoms with Gasteiger partial charge in [-0.05, 0) is 47.5 Å². The average molecular weight is 834 g/mol. The van der Waals surface area contributed by atoms with E-state index >= 15 is 0 Å². The van der Waals surface area contributed by atoms with Crippen LogP contribution in [0.5, 0.6) is 0 Å². The zero-order chi connectivity index (χ0) is 40.4. The number of rotatable bonds is 0. The van der Waals surface area contributed by atoms with Gasteiger partial charge in [0.15, 0.2) is 22.1 Å². The molecule has 56 heavy (non-hydrogen) atoms. The Hall–Kier alpha value is -5.27. The van der Waals surface area contributed by atoms with Gasteiger partial charge in [-0.15, -0.1) is 0 Å². The van der Waals surface area contributed by atoms with Crippen molar-refractivity contribution in [2.75, 3.05) is 0 Å². The van der Waals surface area contributed by atoms with Crippen LogP contribution >= 0.6 is 15.6 Å². The maximum Gasteiger partial charge on any atom is 0.245 e. The Kier molecular flexibility index (Phi) is 8.43. The molecule has 8 bridgehead atoms. The molecule has 8 aromatic rings. The van der Waals surface area contributed by atoms with Gasteiger partial charge in [-0.1, -0.05) is 78.9 Å². The smallest absolute Gasteiger partial charge is 0.245 e. The van der Waals surface area contributed by atoms with E-state index in [1.807, 2.05) is 0 Å². The quantitative estimate of drug-likeness (QED) is 0.0648. The Morgan fingerprint density at radius 1 is 0.446 bits per heavy atom.